The minimum absolute atomic E-state index is 0.00111. The number of nitrogens with one attached hydrogen (secondary N) is 2. The first-order chi connectivity index (χ1) is 15.7. The molecule has 0 atom stereocenters. The zero-order chi connectivity index (χ0) is 22.3. The number of anilines is 2. The Labute approximate surface area is 186 Å². The van der Waals surface area contributed by atoms with Crippen molar-refractivity contribution in [2.45, 2.75) is 18.9 Å². The molecule has 32 heavy (non-hydrogen) atoms. The molecular weight excluding hydrogens is 406 g/mol. The lowest BCUT2D eigenvalue weighted by Gasteiger charge is -2.31. The van der Waals surface area contributed by atoms with Gasteiger partial charge in [0, 0.05) is 48.3 Å². The largest absolute Gasteiger partial charge is 0.497 e. The Morgan fingerprint density at radius 1 is 1.00 bits per heavy atom. The van der Waals surface area contributed by atoms with Crippen LogP contribution in [0.4, 0.5) is 11.6 Å². The maximum absolute atomic E-state index is 12.7. The molecule has 0 aliphatic carbocycles. The average Bonchev–Trinajstić information content (AvgIpc) is 2.85. The quantitative estimate of drug-likeness (QED) is 0.558. The Kier molecular flexibility index (Phi) is 6.60. The highest BCUT2D eigenvalue weighted by Crippen LogP contribution is 2.22. The maximum Gasteiger partial charge on any atom is 0.253 e. The molecule has 2 aromatic carbocycles. The lowest BCUT2D eigenvalue weighted by molar-refractivity contribution is -0.110. The van der Waals surface area contributed by atoms with Gasteiger partial charge in [0.2, 0.25) is 12.4 Å². The van der Waals surface area contributed by atoms with Crippen LogP contribution in [0, 0.1) is 0 Å². The fraction of sp³-hybridized carbons (Fsp3) is 0.250. The van der Waals surface area contributed by atoms with Crippen molar-refractivity contribution >= 4 is 24.0 Å². The highest BCUT2D eigenvalue weighted by atomic mass is 16.5. The Hall–Kier alpha value is -3.94. The molecule has 1 aromatic heterocycles. The molecule has 2 amide bonds. The van der Waals surface area contributed by atoms with E-state index in [4.69, 9.17) is 4.74 Å². The van der Waals surface area contributed by atoms with Gasteiger partial charge in [-0.15, -0.1) is 0 Å². The van der Waals surface area contributed by atoms with Gasteiger partial charge in [0.25, 0.3) is 5.91 Å². The molecule has 1 fully saturated rings. The van der Waals surface area contributed by atoms with Crippen LogP contribution in [0.15, 0.2) is 60.9 Å². The number of carbonyl (C=O) groups is 2. The molecule has 8 nitrogen and oxygen atoms in total. The summed E-state index contributed by atoms with van der Waals surface area (Å²) < 4.78 is 5.18. The molecular formula is C24H25N5O3. The summed E-state index contributed by atoms with van der Waals surface area (Å²) in [6.45, 7) is 1.28. The van der Waals surface area contributed by atoms with Gasteiger partial charge >= 0.3 is 0 Å². The topological polar surface area (TPSA) is 96.5 Å². The molecule has 2 N–H and O–H groups in total. The van der Waals surface area contributed by atoms with Crippen LogP contribution in [0.25, 0.3) is 11.1 Å². The normalized spacial score (nSPS) is 14.0. The van der Waals surface area contributed by atoms with Crippen LogP contribution < -0.4 is 15.4 Å². The first kappa shape index (κ1) is 21.3. The molecule has 2 heterocycles. The third kappa shape index (κ3) is 5.03. The van der Waals surface area contributed by atoms with Gasteiger partial charge in [-0.2, -0.15) is 0 Å². The summed E-state index contributed by atoms with van der Waals surface area (Å²) in [4.78, 5) is 33.9. The highest BCUT2D eigenvalue weighted by molar-refractivity contribution is 5.94. The van der Waals surface area contributed by atoms with E-state index in [0.29, 0.717) is 24.6 Å². The second-order valence-electron chi connectivity index (χ2n) is 7.58. The van der Waals surface area contributed by atoms with E-state index in [1.165, 1.54) is 0 Å². The Morgan fingerprint density at radius 2 is 1.66 bits per heavy atom. The number of ether oxygens (including phenoxy) is 1. The van der Waals surface area contributed by atoms with Crippen molar-refractivity contribution in [1.29, 1.82) is 0 Å². The van der Waals surface area contributed by atoms with Gasteiger partial charge in [-0.25, -0.2) is 9.97 Å². The third-order valence-electron chi connectivity index (χ3n) is 5.55. The summed E-state index contributed by atoms with van der Waals surface area (Å²) in [6, 6.07) is 15.1. The van der Waals surface area contributed by atoms with Crippen LogP contribution in [0.2, 0.25) is 0 Å². The lowest BCUT2D eigenvalue weighted by atomic mass is 10.0. The number of methoxy groups -OCH3 is 1. The van der Waals surface area contributed by atoms with Crippen molar-refractivity contribution in [2.75, 3.05) is 25.5 Å². The monoisotopic (exact) mass is 431 g/mol. The number of nitrogens with zero attached hydrogens (tertiary/aromatic N) is 3. The van der Waals surface area contributed by atoms with E-state index in [-0.39, 0.29) is 11.9 Å². The van der Waals surface area contributed by atoms with Gasteiger partial charge in [-0.3, -0.25) is 9.59 Å². The lowest BCUT2D eigenvalue weighted by Crippen LogP contribution is -2.44. The van der Waals surface area contributed by atoms with E-state index >= 15 is 0 Å². The number of likely N-dealkylation sites (tertiary alicyclic amines) is 1. The maximum atomic E-state index is 12.7. The molecule has 3 aromatic rings. The van der Waals surface area contributed by atoms with E-state index in [0.717, 1.165) is 41.8 Å². The molecule has 1 aliphatic rings. The van der Waals surface area contributed by atoms with E-state index in [1.807, 2.05) is 41.3 Å². The molecule has 8 heteroatoms. The second-order valence-corrected chi connectivity index (χ2v) is 7.58. The van der Waals surface area contributed by atoms with Crippen LogP contribution in [0.1, 0.15) is 23.2 Å². The number of piperidine rings is 1. The summed E-state index contributed by atoms with van der Waals surface area (Å²) in [5, 5.41) is 5.95. The fourth-order valence-electron chi connectivity index (χ4n) is 3.68. The van der Waals surface area contributed by atoms with E-state index < -0.39 is 0 Å². The smallest absolute Gasteiger partial charge is 0.253 e. The molecule has 0 spiro atoms. The van der Waals surface area contributed by atoms with Gasteiger partial charge in [-0.1, -0.05) is 12.1 Å². The summed E-state index contributed by atoms with van der Waals surface area (Å²) in [5.74, 6) is 1.28. The van der Waals surface area contributed by atoms with Gasteiger partial charge in [0.1, 0.15) is 5.75 Å². The number of carbonyl (C=O) groups excluding carboxylic acids is 2. The van der Waals surface area contributed by atoms with Crippen LogP contribution >= 0.6 is 0 Å². The zero-order valence-electron chi connectivity index (χ0n) is 17.8. The predicted molar refractivity (Wildman–Crippen MR) is 122 cm³/mol. The summed E-state index contributed by atoms with van der Waals surface area (Å²) in [7, 11) is 1.64. The van der Waals surface area contributed by atoms with Crippen molar-refractivity contribution in [3.8, 4) is 16.9 Å². The standard InChI is InChI=1S/C24H25N5O3/c1-32-22-8-4-17(5-9-22)19-14-25-24(26-15-19)28-21-6-2-18(3-7-21)23(31)29-12-10-20(11-13-29)27-16-30/h2-9,14-16,20H,10-13H2,1H3,(H,27,30)(H,25,26,28). The molecule has 1 saturated heterocycles. The molecule has 0 saturated carbocycles. The average molecular weight is 431 g/mol. The first-order valence-corrected chi connectivity index (χ1v) is 10.5. The summed E-state index contributed by atoms with van der Waals surface area (Å²) >= 11 is 0. The molecule has 0 unspecified atom stereocenters. The minimum Gasteiger partial charge on any atom is -0.497 e. The van der Waals surface area contributed by atoms with Crippen LogP contribution in [-0.2, 0) is 4.79 Å². The Morgan fingerprint density at radius 3 is 2.25 bits per heavy atom. The van der Waals surface area contributed by atoms with Crippen molar-refractivity contribution in [2.24, 2.45) is 0 Å². The van der Waals surface area contributed by atoms with E-state index in [2.05, 4.69) is 20.6 Å². The van der Waals surface area contributed by atoms with Crippen LogP contribution in [0.3, 0.4) is 0 Å². The third-order valence-corrected chi connectivity index (χ3v) is 5.55. The van der Waals surface area contributed by atoms with Crippen molar-refractivity contribution in [3.05, 3.63) is 66.5 Å². The number of aromatic nitrogens is 2. The van der Waals surface area contributed by atoms with Crippen molar-refractivity contribution in [3.63, 3.8) is 0 Å². The molecule has 0 bridgehead atoms. The fourth-order valence-corrected chi connectivity index (χ4v) is 3.68. The van der Waals surface area contributed by atoms with E-state index in [1.54, 1.807) is 31.6 Å². The number of rotatable bonds is 7. The summed E-state index contributed by atoms with van der Waals surface area (Å²) in [5.41, 5.74) is 3.35. The molecule has 0 radical (unpaired) electrons. The first-order valence-electron chi connectivity index (χ1n) is 10.5. The number of hydrogen-bond donors (Lipinski definition) is 2. The van der Waals surface area contributed by atoms with E-state index in [9.17, 15) is 9.59 Å². The number of hydrogen-bond acceptors (Lipinski definition) is 6. The van der Waals surface area contributed by atoms with Crippen LogP contribution in [-0.4, -0.2) is 53.4 Å². The Bertz CT molecular complexity index is 1040. The Balaban J connectivity index is 1.35. The second kappa shape index (κ2) is 9.91. The van der Waals surface area contributed by atoms with Crippen molar-refractivity contribution in [1.82, 2.24) is 20.2 Å². The molecule has 1 aliphatic heterocycles. The molecule has 164 valence electrons. The summed E-state index contributed by atoms with van der Waals surface area (Å²) in [6.07, 6.45) is 5.79. The van der Waals surface area contributed by atoms with Gasteiger partial charge in [0.15, 0.2) is 0 Å². The number of amides is 2. The van der Waals surface area contributed by atoms with Gasteiger partial charge < -0.3 is 20.3 Å². The molecule has 4 rings (SSSR count). The number of benzene rings is 2. The van der Waals surface area contributed by atoms with Crippen LogP contribution in [0.5, 0.6) is 5.75 Å². The van der Waals surface area contributed by atoms with Gasteiger partial charge in [-0.05, 0) is 54.8 Å². The SMILES string of the molecule is COc1ccc(-c2cnc(Nc3ccc(C(=O)N4CCC(NC=O)CC4)cc3)nc2)cc1. The predicted octanol–water partition coefficient (Wildman–Crippen LogP) is 3.25. The highest BCUT2D eigenvalue weighted by Gasteiger charge is 2.23. The van der Waals surface area contributed by atoms with Gasteiger partial charge in [0.05, 0.1) is 7.11 Å². The minimum atomic E-state index is 0.00111. The van der Waals surface area contributed by atoms with Crippen molar-refractivity contribution < 1.29 is 14.3 Å². The zero-order valence-corrected chi connectivity index (χ0v) is 17.8.